The number of urea groups is 1. The van der Waals surface area contributed by atoms with Crippen LogP contribution in [0.5, 0.6) is 0 Å². The average molecular weight is 376 g/mol. The minimum Gasteiger partial charge on any atom is -0.395 e. The molecule has 0 unspecified atom stereocenters. The monoisotopic (exact) mass is 376 g/mol. The van der Waals surface area contributed by atoms with Crippen molar-refractivity contribution < 1.29 is 19.4 Å². The first-order valence-corrected chi connectivity index (χ1v) is 9.40. The molecule has 0 aliphatic carbocycles. The Morgan fingerprint density at radius 3 is 2.67 bits per heavy atom. The number of hydrogen-bond donors (Lipinski definition) is 1. The van der Waals surface area contributed by atoms with E-state index >= 15 is 0 Å². The van der Waals surface area contributed by atoms with Crippen molar-refractivity contribution in [3.8, 4) is 0 Å². The minimum absolute atomic E-state index is 0.0495. The quantitative estimate of drug-likeness (QED) is 0.706. The number of aliphatic hydroxyl groups is 1. The Balaban J connectivity index is 1.82. The lowest BCUT2D eigenvalue weighted by atomic mass is 9.85. The number of nitrogens with zero attached hydrogens (tertiary/aromatic N) is 4. The number of ether oxygens (including phenoxy) is 1. The van der Waals surface area contributed by atoms with Crippen molar-refractivity contribution in [2.45, 2.75) is 37.9 Å². The Morgan fingerprint density at radius 2 is 2.07 bits per heavy atom. The van der Waals surface area contributed by atoms with Gasteiger partial charge in [0.1, 0.15) is 5.54 Å². The Bertz CT molecular complexity index is 661. The molecule has 2 aliphatic rings. The molecule has 3 heterocycles. The van der Waals surface area contributed by atoms with Crippen LogP contribution >= 0.6 is 0 Å². The number of aliphatic hydroxyl groups excluding tert-OH is 1. The molecular formula is C19H28N4O4. The van der Waals surface area contributed by atoms with Crippen LogP contribution in [-0.4, -0.2) is 88.3 Å². The lowest BCUT2D eigenvalue weighted by Crippen LogP contribution is -2.58. The van der Waals surface area contributed by atoms with Crippen LogP contribution in [0, 0.1) is 0 Å². The molecule has 0 aromatic carbocycles. The van der Waals surface area contributed by atoms with E-state index in [1.165, 1.54) is 4.90 Å². The molecule has 2 saturated heterocycles. The van der Waals surface area contributed by atoms with Gasteiger partial charge in [-0.05, 0) is 31.4 Å². The summed E-state index contributed by atoms with van der Waals surface area (Å²) in [4.78, 5) is 35.7. The van der Waals surface area contributed by atoms with Crippen LogP contribution in [0.4, 0.5) is 4.79 Å². The standard InChI is InChI=1S/C19H28N4O4/c1-15(14-24)21-8-5-19(6-9-21)17(25)22(13-16-4-3-7-20-12-16)18(26)23(19)10-11-27-2/h3-4,7,12,15,24H,5-6,8-11,13-14H2,1-2H3/t15-/m0/s1. The average Bonchev–Trinajstić information content (AvgIpc) is 2.88. The van der Waals surface area contributed by atoms with Gasteiger partial charge in [-0.15, -0.1) is 0 Å². The van der Waals surface area contributed by atoms with Gasteiger partial charge in [-0.3, -0.25) is 19.6 Å². The van der Waals surface area contributed by atoms with E-state index < -0.39 is 5.54 Å². The normalized spacial score (nSPS) is 21.3. The van der Waals surface area contributed by atoms with Gasteiger partial charge in [-0.1, -0.05) is 6.07 Å². The van der Waals surface area contributed by atoms with Crippen molar-refractivity contribution >= 4 is 11.9 Å². The summed E-state index contributed by atoms with van der Waals surface area (Å²) in [5.74, 6) is -0.135. The Kier molecular flexibility index (Phi) is 6.08. The Hall–Kier alpha value is -2.03. The molecule has 8 nitrogen and oxygen atoms in total. The minimum atomic E-state index is -0.816. The van der Waals surface area contributed by atoms with E-state index in [1.54, 1.807) is 30.5 Å². The number of hydrogen-bond acceptors (Lipinski definition) is 6. The molecule has 148 valence electrons. The van der Waals surface area contributed by atoms with Gasteiger partial charge in [0.05, 0.1) is 19.8 Å². The molecule has 2 fully saturated rings. The maximum Gasteiger partial charge on any atom is 0.328 e. The first-order chi connectivity index (χ1) is 13.0. The second kappa shape index (κ2) is 8.33. The maximum absolute atomic E-state index is 13.4. The van der Waals surface area contributed by atoms with E-state index in [0.29, 0.717) is 39.1 Å². The van der Waals surface area contributed by atoms with Crippen molar-refractivity contribution in [3.63, 3.8) is 0 Å². The summed E-state index contributed by atoms with van der Waals surface area (Å²) >= 11 is 0. The predicted molar refractivity (Wildman–Crippen MR) is 98.9 cm³/mol. The third-order valence-electron chi connectivity index (χ3n) is 5.72. The third-order valence-corrected chi connectivity index (χ3v) is 5.72. The zero-order chi connectivity index (χ0) is 19.4. The predicted octanol–water partition coefficient (Wildman–Crippen LogP) is 0.708. The molecule has 0 saturated carbocycles. The number of likely N-dealkylation sites (tertiary alicyclic amines) is 1. The van der Waals surface area contributed by atoms with Crippen LogP contribution in [0.3, 0.4) is 0 Å². The number of imide groups is 1. The largest absolute Gasteiger partial charge is 0.395 e. The number of carbonyl (C=O) groups excluding carboxylic acids is 2. The van der Waals surface area contributed by atoms with Crippen molar-refractivity contribution in [2.24, 2.45) is 0 Å². The summed E-state index contributed by atoms with van der Waals surface area (Å²) in [6.07, 6.45) is 4.47. The highest BCUT2D eigenvalue weighted by atomic mass is 16.5. The maximum atomic E-state index is 13.4. The summed E-state index contributed by atoms with van der Waals surface area (Å²) < 4.78 is 5.17. The van der Waals surface area contributed by atoms with E-state index in [0.717, 1.165) is 5.56 Å². The molecule has 2 aliphatic heterocycles. The Morgan fingerprint density at radius 1 is 1.33 bits per heavy atom. The molecule has 1 aromatic rings. The molecule has 1 atom stereocenters. The zero-order valence-corrected chi connectivity index (χ0v) is 16.0. The fraction of sp³-hybridized carbons (Fsp3) is 0.632. The molecule has 1 aromatic heterocycles. The summed E-state index contributed by atoms with van der Waals surface area (Å²) in [5.41, 5.74) is 0.0121. The summed E-state index contributed by atoms with van der Waals surface area (Å²) in [6.45, 7) is 4.40. The van der Waals surface area contributed by atoms with E-state index in [-0.39, 0.29) is 31.1 Å². The SMILES string of the molecule is COCCN1C(=O)N(Cc2cccnc2)C(=O)C12CCN([C@@H](C)CO)CC2. The van der Waals surface area contributed by atoms with Crippen LogP contribution in [0.2, 0.25) is 0 Å². The highest BCUT2D eigenvalue weighted by Gasteiger charge is 2.57. The van der Waals surface area contributed by atoms with Crippen LogP contribution in [-0.2, 0) is 16.1 Å². The molecule has 8 heteroatoms. The van der Waals surface area contributed by atoms with Crippen molar-refractivity contribution in [1.82, 2.24) is 19.7 Å². The van der Waals surface area contributed by atoms with Gasteiger partial charge in [-0.25, -0.2) is 4.79 Å². The number of pyridine rings is 1. The molecule has 3 amide bonds. The molecule has 1 spiro atoms. The number of aromatic nitrogens is 1. The van der Waals surface area contributed by atoms with Crippen molar-refractivity contribution in [3.05, 3.63) is 30.1 Å². The van der Waals surface area contributed by atoms with Crippen LogP contribution in [0.25, 0.3) is 0 Å². The van der Waals surface area contributed by atoms with E-state index in [9.17, 15) is 14.7 Å². The highest BCUT2D eigenvalue weighted by molar-refractivity contribution is 6.07. The number of methoxy groups -OCH3 is 1. The molecular weight excluding hydrogens is 348 g/mol. The fourth-order valence-electron chi connectivity index (χ4n) is 4.02. The molecule has 0 bridgehead atoms. The van der Waals surface area contributed by atoms with Crippen molar-refractivity contribution in [1.29, 1.82) is 0 Å². The van der Waals surface area contributed by atoms with E-state index in [4.69, 9.17) is 4.74 Å². The molecule has 0 radical (unpaired) electrons. The first kappa shape index (κ1) is 19.7. The Labute approximate surface area is 159 Å². The number of carbonyl (C=O) groups is 2. The highest BCUT2D eigenvalue weighted by Crippen LogP contribution is 2.38. The van der Waals surface area contributed by atoms with E-state index in [2.05, 4.69) is 9.88 Å². The summed E-state index contributed by atoms with van der Waals surface area (Å²) in [6, 6.07) is 3.45. The van der Waals surface area contributed by atoms with Gasteiger partial charge in [0.15, 0.2) is 0 Å². The van der Waals surface area contributed by atoms with Gasteiger partial charge in [-0.2, -0.15) is 0 Å². The van der Waals surface area contributed by atoms with Gasteiger partial charge in [0, 0.05) is 45.2 Å². The third kappa shape index (κ3) is 3.69. The van der Waals surface area contributed by atoms with E-state index in [1.807, 2.05) is 13.0 Å². The lowest BCUT2D eigenvalue weighted by Gasteiger charge is -2.43. The smallest absolute Gasteiger partial charge is 0.328 e. The first-order valence-electron chi connectivity index (χ1n) is 9.40. The molecule has 1 N–H and O–H groups in total. The summed E-state index contributed by atoms with van der Waals surface area (Å²) in [5, 5.41) is 9.41. The van der Waals surface area contributed by atoms with Gasteiger partial charge >= 0.3 is 6.03 Å². The zero-order valence-electron chi connectivity index (χ0n) is 16.0. The lowest BCUT2D eigenvalue weighted by molar-refractivity contribution is -0.136. The topological polar surface area (TPSA) is 86.2 Å². The van der Waals surface area contributed by atoms with Gasteiger partial charge < -0.3 is 14.7 Å². The van der Waals surface area contributed by atoms with Crippen LogP contribution in [0.1, 0.15) is 25.3 Å². The molecule has 3 rings (SSSR count). The number of rotatable bonds is 7. The van der Waals surface area contributed by atoms with Gasteiger partial charge in [0.25, 0.3) is 5.91 Å². The second-order valence-electron chi connectivity index (χ2n) is 7.28. The fourth-order valence-corrected chi connectivity index (χ4v) is 4.02. The molecule has 27 heavy (non-hydrogen) atoms. The number of amides is 3. The van der Waals surface area contributed by atoms with Crippen LogP contribution in [0.15, 0.2) is 24.5 Å². The second-order valence-corrected chi connectivity index (χ2v) is 7.28. The van der Waals surface area contributed by atoms with Crippen LogP contribution < -0.4 is 0 Å². The summed E-state index contributed by atoms with van der Waals surface area (Å²) in [7, 11) is 1.59. The van der Waals surface area contributed by atoms with Gasteiger partial charge in [0.2, 0.25) is 0 Å². The number of piperidine rings is 1. The van der Waals surface area contributed by atoms with Crippen molar-refractivity contribution in [2.75, 3.05) is 40.0 Å².